The van der Waals surface area contributed by atoms with Gasteiger partial charge in [0.2, 0.25) is 0 Å². The molecule has 3 rings (SSSR count). The van der Waals surface area contributed by atoms with Crippen LogP contribution in [0.4, 0.5) is 0 Å². The minimum Gasteiger partial charge on any atom is -0.497 e. The fraction of sp³-hybridized carbons (Fsp3) is 0.375. The van der Waals surface area contributed by atoms with Gasteiger partial charge in [-0.3, -0.25) is 0 Å². The molecule has 0 fully saturated rings. The van der Waals surface area contributed by atoms with Crippen molar-refractivity contribution in [3.8, 4) is 5.75 Å². The Hall–Kier alpha value is -1.74. The minimum absolute atomic E-state index is 0.223. The zero-order valence-corrected chi connectivity index (χ0v) is 11.3. The molecule has 0 saturated carbocycles. The van der Waals surface area contributed by atoms with Crippen LogP contribution >= 0.6 is 0 Å². The number of aromatic nitrogens is 1. The molecule has 19 heavy (non-hydrogen) atoms. The Bertz CT molecular complexity index is 557. The van der Waals surface area contributed by atoms with E-state index in [1.165, 1.54) is 23.2 Å². The van der Waals surface area contributed by atoms with Gasteiger partial charge in [-0.05, 0) is 48.6 Å². The third-order valence-electron chi connectivity index (χ3n) is 3.95. The van der Waals surface area contributed by atoms with Gasteiger partial charge in [0.25, 0.3) is 0 Å². The second kappa shape index (κ2) is 5.10. The van der Waals surface area contributed by atoms with Crippen molar-refractivity contribution in [1.29, 1.82) is 0 Å². The number of rotatable bonds is 3. The molecular formula is C16H20N2O. The molecule has 1 aromatic carbocycles. The molecule has 1 aliphatic rings. The molecule has 3 heteroatoms. The van der Waals surface area contributed by atoms with Crippen LogP contribution in [0.25, 0.3) is 0 Å². The Morgan fingerprint density at radius 1 is 1.26 bits per heavy atom. The largest absolute Gasteiger partial charge is 0.497 e. The number of hydrogen-bond donors (Lipinski definition) is 1. The highest BCUT2D eigenvalue weighted by atomic mass is 16.5. The van der Waals surface area contributed by atoms with Crippen LogP contribution in [-0.2, 0) is 13.0 Å². The number of nitrogens with two attached hydrogens (primary N) is 1. The maximum Gasteiger partial charge on any atom is 0.118 e. The van der Waals surface area contributed by atoms with Crippen molar-refractivity contribution in [2.75, 3.05) is 7.11 Å². The van der Waals surface area contributed by atoms with E-state index in [1.54, 1.807) is 7.11 Å². The monoisotopic (exact) mass is 256 g/mol. The number of hydrogen-bond acceptors (Lipinski definition) is 2. The van der Waals surface area contributed by atoms with E-state index in [1.807, 2.05) is 12.1 Å². The van der Waals surface area contributed by atoms with E-state index in [4.69, 9.17) is 10.5 Å². The van der Waals surface area contributed by atoms with Crippen LogP contribution in [0.5, 0.6) is 5.75 Å². The molecule has 1 unspecified atom stereocenters. The summed E-state index contributed by atoms with van der Waals surface area (Å²) in [4.78, 5) is 0. The highest BCUT2D eigenvalue weighted by Gasteiger charge is 2.19. The predicted octanol–water partition coefficient (Wildman–Crippen LogP) is 2.88. The number of fused-ring (bicyclic) bond motifs is 1. The minimum atomic E-state index is 0.223. The zero-order valence-electron chi connectivity index (χ0n) is 11.3. The van der Waals surface area contributed by atoms with Gasteiger partial charge in [0.05, 0.1) is 7.11 Å². The second-order valence-corrected chi connectivity index (χ2v) is 5.19. The average Bonchev–Trinajstić information content (AvgIpc) is 2.84. The summed E-state index contributed by atoms with van der Waals surface area (Å²) < 4.78 is 7.52. The van der Waals surface area contributed by atoms with Crippen LogP contribution < -0.4 is 10.5 Å². The van der Waals surface area contributed by atoms with Crippen molar-refractivity contribution in [1.82, 2.24) is 4.57 Å². The van der Waals surface area contributed by atoms with Gasteiger partial charge in [0, 0.05) is 24.5 Å². The first-order valence-electron chi connectivity index (χ1n) is 6.84. The third-order valence-corrected chi connectivity index (χ3v) is 3.95. The standard InChI is InChI=1S/C16H20N2O/c1-19-13-7-5-12(6-8-13)11-18-10-9-14-15(17)3-2-4-16(14)18/h5-10,15H,2-4,11,17H2,1H3. The first-order valence-corrected chi connectivity index (χ1v) is 6.84. The number of ether oxygens (including phenoxy) is 1. The SMILES string of the molecule is COc1ccc(Cn2ccc3c2CCCC3N)cc1. The Kier molecular flexibility index (Phi) is 3.30. The molecular weight excluding hydrogens is 236 g/mol. The summed E-state index contributed by atoms with van der Waals surface area (Å²) in [6, 6.07) is 10.7. The highest BCUT2D eigenvalue weighted by Crippen LogP contribution is 2.29. The van der Waals surface area contributed by atoms with Crippen LogP contribution in [0.2, 0.25) is 0 Å². The number of benzene rings is 1. The molecule has 1 aromatic heterocycles. The van der Waals surface area contributed by atoms with Crippen molar-refractivity contribution in [2.45, 2.75) is 31.8 Å². The normalized spacial score (nSPS) is 18.1. The van der Waals surface area contributed by atoms with Crippen LogP contribution in [0, 0.1) is 0 Å². The second-order valence-electron chi connectivity index (χ2n) is 5.19. The Morgan fingerprint density at radius 2 is 2.05 bits per heavy atom. The van der Waals surface area contributed by atoms with Gasteiger partial charge in [-0.1, -0.05) is 12.1 Å². The fourth-order valence-electron chi connectivity index (χ4n) is 2.87. The molecule has 0 bridgehead atoms. The molecule has 0 spiro atoms. The van der Waals surface area contributed by atoms with E-state index in [2.05, 4.69) is 29.0 Å². The lowest BCUT2D eigenvalue weighted by molar-refractivity contribution is 0.414. The van der Waals surface area contributed by atoms with E-state index >= 15 is 0 Å². The predicted molar refractivity (Wildman–Crippen MR) is 76.4 cm³/mol. The molecule has 1 heterocycles. The molecule has 2 aromatic rings. The molecule has 0 aliphatic heterocycles. The van der Waals surface area contributed by atoms with Gasteiger partial charge in [-0.25, -0.2) is 0 Å². The topological polar surface area (TPSA) is 40.2 Å². The van der Waals surface area contributed by atoms with Gasteiger partial charge < -0.3 is 15.0 Å². The molecule has 1 aliphatic carbocycles. The first kappa shape index (κ1) is 12.3. The summed E-state index contributed by atoms with van der Waals surface area (Å²) in [6.45, 7) is 0.909. The maximum atomic E-state index is 6.16. The van der Waals surface area contributed by atoms with Crippen LogP contribution in [0.1, 0.15) is 35.7 Å². The molecule has 2 N–H and O–H groups in total. The van der Waals surface area contributed by atoms with E-state index in [9.17, 15) is 0 Å². The summed E-state index contributed by atoms with van der Waals surface area (Å²) in [7, 11) is 1.69. The fourth-order valence-corrected chi connectivity index (χ4v) is 2.87. The molecule has 100 valence electrons. The lowest BCUT2D eigenvalue weighted by atomic mass is 9.93. The lowest BCUT2D eigenvalue weighted by Crippen LogP contribution is -2.18. The van der Waals surface area contributed by atoms with Gasteiger partial charge in [-0.2, -0.15) is 0 Å². The van der Waals surface area contributed by atoms with Crippen LogP contribution in [0.3, 0.4) is 0 Å². The van der Waals surface area contributed by atoms with Gasteiger partial charge in [0.15, 0.2) is 0 Å². The van der Waals surface area contributed by atoms with E-state index < -0.39 is 0 Å². The summed E-state index contributed by atoms with van der Waals surface area (Å²) in [5, 5.41) is 0. The summed E-state index contributed by atoms with van der Waals surface area (Å²) in [5.41, 5.74) is 10.2. The van der Waals surface area contributed by atoms with Crippen molar-refractivity contribution >= 4 is 0 Å². The Labute approximate surface area is 114 Å². The Morgan fingerprint density at radius 3 is 2.79 bits per heavy atom. The quantitative estimate of drug-likeness (QED) is 0.917. The first-order chi connectivity index (χ1) is 9.28. The lowest BCUT2D eigenvalue weighted by Gasteiger charge is -2.21. The van der Waals surface area contributed by atoms with Crippen molar-refractivity contribution in [3.63, 3.8) is 0 Å². The molecule has 0 radical (unpaired) electrons. The maximum absolute atomic E-state index is 6.16. The van der Waals surface area contributed by atoms with Crippen molar-refractivity contribution in [3.05, 3.63) is 53.3 Å². The summed E-state index contributed by atoms with van der Waals surface area (Å²) >= 11 is 0. The van der Waals surface area contributed by atoms with E-state index in [0.29, 0.717) is 0 Å². The van der Waals surface area contributed by atoms with Gasteiger partial charge >= 0.3 is 0 Å². The van der Waals surface area contributed by atoms with Crippen molar-refractivity contribution in [2.24, 2.45) is 5.73 Å². The molecule has 1 atom stereocenters. The smallest absolute Gasteiger partial charge is 0.118 e. The number of nitrogens with zero attached hydrogens (tertiary/aromatic N) is 1. The van der Waals surface area contributed by atoms with Crippen LogP contribution in [0.15, 0.2) is 36.5 Å². The highest BCUT2D eigenvalue weighted by molar-refractivity contribution is 5.31. The average molecular weight is 256 g/mol. The third kappa shape index (κ3) is 2.38. The van der Waals surface area contributed by atoms with E-state index in [-0.39, 0.29) is 6.04 Å². The van der Waals surface area contributed by atoms with Crippen molar-refractivity contribution < 1.29 is 4.74 Å². The summed E-state index contributed by atoms with van der Waals surface area (Å²) in [5.74, 6) is 0.903. The van der Waals surface area contributed by atoms with Crippen LogP contribution in [-0.4, -0.2) is 11.7 Å². The van der Waals surface area contributed by atoms with E-state index in [0.717, 1.165) is 25.1 Å². The molecule has 0 saturated heterocycles. The number of methoxy groups -OCH3 is 1. The van der Waals surface area contributed by atoms with Gasteiger partial charge in [-0.15, -0.1) is 0 Å². The summed E-state index contributed by atoms with van der Waals surface area (Å²) in [6.07, 6.45) is 5.62. The Balaban J connectivity index is 1.83. The zero-order chi connectivity index (χ0) is 13.2. The van der Waals surface area contributed by atoms with Gasteiger partial charge in [0.1, 0.15) is 5.75 Å². The molecule has 3 nitrogen and oxygen atoms in total. The molecule has 0 amide bonds.